The summed E-state index contributed by atoms with van der Waals surface area (Å²) in [6, 6.07) is 58.3. The van der Waals surface area contributed by atoms with Crippen molar-refractivity contribution in [1.29, 1.82) is 5.41 Å². The minimum Gasteiger partial charge on any atom is -0.309 e. The predicted octanol–water partition coefficient (Wildman–Crippen LogP) is 12.5. The first-order valence-corrected chi connectivity index (χ1v) is 16.2. The molecule has 0 saturated heterocycles. The van der Waals surface area contributed by atoms with Crippen molar-refractivity contribution in [2.45, 2.75) is 6.92 Å². The maximum Gasteiger partial charge on any atom is 0.0619 e. The Labute approximate surface area is 282 Å². The highest BCUT2D eigenvalue weighted by molar-refractivity contribution is 6.19. The van der Waals surface area contributed by atoms with E-state index in [4.69, 9.17) is 5.41 Å². The molecule has 8 aromatic rings. The van der Waals surface area contributed by atoms with Gasteiger partial charge in [0.15, 0.2) is 0 Å². The number of benzene rings is 7. The summed E-state index contributed by atoms with van der Waals surface area (Å²) in [5.74, 6) is 0. The van der Waals surface area contributed by atoms with E-state index in [1.54, 1.807) is 6.08 Å². The van der Waals surface area contributed by atoms with Gasteiger partial charge in [-0.05, 0) is 76.0 Å². The number of para-hydroxylation sites is 2. The van der Waals surface area contributed by atoms with Crippen LogP contribution in [0.1, 0.15) is 11.1 Å². The Bertz CT molecular complexity index is 2410. The quantitative estimate of drug-likeness (QED) is 0.142. The monoisotopic (exact) mass is 616 g/mol. The fraction of sp³-hybridized carbons (Fsp3) is 0.0217. The summed E-state index contributed by atoms with van der Waals surface area (Å²) >= 11 is 0. The smallest absolute Gasteiger partial charge is 0.0619 e. The van der Waals surface area contributed by atoms with Gasteiger partial charge < -0.3 is 9.98 Å². The van der Waals surface area contributed by atoms with Crippen molar-refractivity contribution in [3.63, 3.8) is 0 Å². The lowest BCUT2D eigenvalue weighted by atomic mass is 9.97. The van der Waals surface area contributed by atoms with Gasteiger partial charge in [-0.2, -0.15) is 0 Å². The van der Waals surface area contributed by atoms with E-state index in [0.717, 1.165) is 11.1 Å². The molecule has 1 N–H and O–H groups in total. The van der Waals surface area contributed by atoms with E-state index in [0.29, 0.717) is 0 Å². The predicted molar refractivity (Wildman–Crippen MR) is 207 cm³/mol. The molecule has 0 saturated carbocycles. The summed E-state index contributed by atoms with van der Waals surface area (Å²) < 4.78 is 2.40. The molecule has 0 aliphatic rings. The maximum absolute atomic E-state index is 6.85. The largest absolute Gasteiger partial charge is 0.309 e. The van der Waals surface area contributed by atoms with E-state index in [9.17, 15) is 0 Å². The molecule has 7 aromatic carbocycles. The van der Waals surface area contributed by atoms with Crippen molar-refractivity contribution < 1.29 is 0 Å². The summed E-state index contributed by atoms with van der Waals surface area (Å²) in [4.78, 5) is 0. The summed E-state index contributed by atoms with van der Waals surface area (Å²) in [6.45, 7) is 5.97. The third-order valence-electron chi connectivity index (χ3n) is 8.77. The third kappa shape index (κ3) is 6.12. The molecule has 0 aliphatic heterocycles. The molecule has 0 radical (unpaired) electrons. The Morgan fingerprint density at radius 2 is 1.19 bits per heavy atom. The second kappa shape index (κ2) is 13.6. The highest BCUT2D eigenvalue weighted by Crippen LogP contribution is 2.38. The molecule has 0 spiro atoms. The first kappa shape index (κ1) is 30.4. The molecule has 2 heteroatoms. The van der Waals surface area contributed by atoms with Gasteiger partial charge in [-0.3, -0.25) is 0 Å². The molecule has 2 nitrogen and oxygen atoms in total. The highest BCUT2D eigenvalue weighted by atomic mass is 15.0. The van der Waals surface area contributed by atoms with Gasteiger partial charge in [-0.1, -0.05) is 158 Å². The molecule has 1 heterocycles. The number of rotatable bonds is 6. The zero-order chi connectivity index (χ0) is 32.9. The van der Waals surface area contributed by atoms with Crippen LogP contribution in [0.4, 0.5) is 0 Å². The molecule has 0 atom stereocenters. The molecular weight excluding hydrogens is 581 g/mol. The van der Waals surface area contributed by atoms with E-state index >= 15 is 0 Å². The summed E-state index contributed by atoms with van der Waals surface area (Å²) in [5.41, 5.74) is 11.9. The Hall–Kier alpha value is -6.25. The van der Waals surface area contributed by atoms with E-state index in [1.807, 2.05) is 18.2 Å². The minimum absolute atomic E-state index is 0.937. The second-order valence-electron chi connectivity index (χ2n) is 11.9. The molecular formula is C46H36N2. The topological polar surface area (TPSA) is 28.8 Å². The van der Waals surface area contributed by atoms with E-state index in [-0.39, 0.29) is 0 Å². The fourth-order valence-electron chi connectivity index (χ4n) is 6.40. The molecule has 230 valence electrons. The number of nitrogens with zero attached hydrogens (tertiary/aromatic N) is 1. The van der Waals surface area contributed by atoms with Gasteiger partial charge in [-0.15, -0.1) is 0 Å². The van der Waals surface area contributed by atoms with Crippen molar-refractivity contribution in [3.05, 3.63) is 194 Å². The molecule has 0 fully saturated rings. The van der Waals surface area contributed by atoms with Gasteiger partial charge in [0.05, 0.1) is 11.0 Å². The Morgan fingerprint density at radius 3 is 1.92 bits per heavy atom. The molecule has 48 heavy (non-hydrogen) atoms. The first-order chi connectivity index (χ1) is 23.6. The zero-order valence-corrected chi connectivity index (χ0v) is 27.0. The summed E-state index contributed by atoms with van der Waals surface area (Å²) in [6.07, 6.45) is 4.76. The fourth-order valence-corrected chi connectivity index (χ4v) is 6.40. The Kier molecular flexibility index (Phi) is 8.63. The van der Waals surface area contributed by atoms with Gasteiger partial charge in [0.1, 0.15) is 0 Å². The number of nitrogens with one attached hydrogen (secondary N) is 1. The van der Waals surface area contributed by atoms with Crippen LogP contribution in [0.5, 0.6) is 0 Å². The van der Waals surface area contributed by atoms with Crippen LogP contribution in [0.25, 0.3) is 66.1 Å². The summed E-state index contributed by atoms with van der Waals surface area (Å²) in [5, 5.41) is 11.9. The van der Waals surface area contributed by atoms with Crippen LogP contribution in [-0.4, -0.2) is 10.8 Å². The number of fused-ring (bicyclic) bond motifs is 5. The number of allylic oxidation sites excluding steroid dienone is 3. The van der Waals surface area contributed by atoms with Crippen LogP contribution >= 0.6 is 0 Å². The van der Waals surface area contributed by atoms with E-state index < -0.39 is 0 Å². The van der Waals surface area contributed by atoms with E-state index in [1.165, 1.54) is 72.3 Å². The lowest BCUT2D eigenvalue weighted by Gasteiger charge is -2.11. The van der Waals surface area contributed by atoms with E-state index in [2.05, 4.69) is 170 Å². The molecule has 0 aliphatic carbocycles. The van der Waals surface area contributed by atoms with Crippen LogP contribution in [0.3, 0.4) is 0 Å². The van der Waals surface area contributed by atoms with Crippen LogP contribution in [0.15, 0.2) is 183 Å². The van der Waals surface area contributed by atoms with Crippen LogP contribution in [0.2, 0.25) is 0 Å². The Morgan fingerprint density at radius 1 is 0.562 bits per heavy atom. The van der Waals surface area contributed by atoms with Gasteiger partial charge >= 0.3 is 0 Å². The van der Waals surface area contributed by atoms with Gasteiger partial charge in [0, 0.05) is 28.1 Å². The average Bonchev–Trinajstić information content (AvgIpc) is 3.49. The Balaban J connectivity index is 0.000000238. The third-order valence-corrected chi connectivity index (χ3v) is 8.77. The maximum atomic E-state index is 6.85. The SMILES string of the molecule is C=C(/C=C\C=N)c1cccc(C)c1.c1ccc(-c2ccc(-c3ccc4c(ccc5c6ccccc6n(-c6ccccc6)c45)c3)cc2)cc1. The molecule has 1 aromatic heterocycles. The normalized spacial score (nSPS) is 11.1. The standard InChI is InChI=1S/C34H23N.C12H13N/c1-3-9-24(10-4-1)25-15-17-26(18-16-25)27-19-21-30-28(23-27)20-22-32-31-13-7-8-14-33(31)35(34(30)32)29-11-5-2-6-12-29;1-10-5-3-7-12(9-10)11(2)6-4-8-13/h1-23H;3-9,13H,2H2,1H3/b;6-4-,13-8?. The van der Waals surface area contributed by atoms with Crippen LogP contribution < -0.4 is 0 Å². The zero-order valence-electron chi connectivity index (χ0n) is 27.0. The lowest BCUT2D eigenvalue weighted by Crippen LogP contribution is -1.94. The van der Waals surface area contributed by atoms with Gasteiger partial charge in [-0.25, -0.2) is 0 Å². The number of hydrogen-bond donors (Lipinski definition) is 1. The van der Waals surface area contributed by atoms with Crippen molar-refractivity contribution in [3.8, 4) is 27.9 Å². The highest BCUT2D eigenvalue weighted by Gasteiger charge is 2.15. The van der Waals surface area contributed by atoms with Crippen LogP contribution in [0, 0.1) is 12.3 Å². The van der Waals surface area contributed by atoms with Gasteiger partial charge in [0.2, 0.25) is 0 Å². The number of aryl methyl sites for hydroxylation is 1. The molecule has 0 unspecified atom stereocenters. The van der Waals surface area contributed by atoms with Crippen molar-refractivity contribution >= 4 is 44.4 Å². The van der Waals surface area contributed by atoms with Crippen molar-refractivity contribution in [1.82, 2.24) is 4.57 Å². The van der Waals surface area contributed by atoms with Crippen LogP contribution in [-0.2, 0) is 0 Å². The molecule has 0 bridgehead atoms. The minimum atomic E-state index is 0.937. The first-order valence-electron chi connectivity index (χ1n) is 16.2. The lowest BCUT2D eigenvalue weighted by molar-refractivity contribution is 1.19. The van der Waals surface area contributed by atoms with Gasteiger partial charge in [0.25, 0.3) is 0 Å². The summed E-state index contributed by atoms with van der Waals surface area (Å²) in [7, 11) is 0. The number of hydrogen-bond acceptors (Lipinski definition) is 1. The van der Waals surface area contributed by atoms with Crippen molar-refractivity contribution in [2.75, 3.05) is 0 Å². The number of aromatic nitrogens is 1. The van der Waals surface area contributed by atoms with Crippen molar-refractivity contribution in [2.24, 2.45) is 0 Å². The second-order valence-corrected chi connectivity index (χ2v) is 11.9. The molecule has 8 rings (SSSR count). The average molecular weight is 617 g/mol. The molecule has 0 amide bonds.